The largest absolute Gasteiger partial charge is 0.508 e. The van der Waals surface area contributed by atoms with Crippen molar-refractivity contribution in [3.05, 3.63) is 29.8 Å². The van der Waals surface area contributed by atoms with Crippen molar-refractivity contribution in [3.8, 4) is 5.75 Å². The highest BCUT2D eigenvalue weighted by Gasteiger charge is 2.32. The molecule has 4 nitrogen and oxygen atoms in total. The zero-order valence-corrected chi connectivity index (χ0v) is 16.4. The third-order valence-electron chi connectivity index (χ3n) is 6.86. The van der Waals surface area contributed by atoms with Crippen LogP contribution in [0.25, 0.3) is 0 Å². The molecule has 144 valence electrons. The Morgan fingerprint density at radius 3 is 2.42 bits per heavy atom. The van der Waals surface area contributed by atoms with Gasteiger partial charge in [0.2, 0.25) is 5.91 Å². The van der Waals surface area contributed by atoms with E-state index in [0.29, 0.717) is 29.5 Å². The molecule has 2 N–H and O–H groups in total. The Hall–Kier alpha value is -1.55. The van der Waals surface area contributed by atoms with Crippen LogP contribution in [0.5, 0.6) is 5.75 Å². The van der Waals surface area contributed by atoms with Crippen molar-refractivity contribution in [1.29, 1.82) is 0 Å². The molecular formula is C22H34N2O2. The van der Waals surface area contributed by atoms with Gasteiger partial charge in [-0.15, -0.1) is 0 Å². The first kappa shape index (κ1) is 19.2. The molecule has 4 atom stereocenters. The SMILES string of the molecule is C[C@@H]1[C@H](C)CCC[C@@H]1NC(=O)[C@@H](C)N1CCC(c2ccc(O)cc2)CC1. The number of nitrogens with one attached hydrogen (secondary N) is 1. The Morgan fingerprint density at radius 2 is 1.77 bits per heavy atom. The quantitative estimate of drug-likeness (QED) is 0.858. The molecule has 2 fully saturated rings. The third kappa shape index (κ3) is 4.40. The molecule has 1 aliphatic carbocycles. The molecule has 26 heavy (non-hydrogen) atoms. The summed E-state index contributed by atoms with van der Waals surface area (Å²) in [4.78, 5) is 15.1. The van der Waals surface area contributed by atoms with Crippen LogP contribution in [0.2, 0.25) is 0 Å². The summed E-state index contributed by atoms with van der Waals surface area (Å²) in [6.07, 6.45) is 5.77. The van der Waals surface area contributed by atoms with Crippen LogP contribution in [-0.2, 0) is 4.79 Å². The summed E-state index contributed by atoms with van der Waals surface area (Å²) in [6, 6.07) is 7.87. The van der Waals surface area contributed by atoms with E-state index in [9.17, 15) is 9.90 Å². The smallest absolute Gasteiger partial charge is 0.237 e. The average molecular weight is 359 g/mol. The van der Waals surface area contributed by atoms with Crippen molar-refractivity contribution in [1.82, 2.24) is 10.2 Å². The lowest BCUT2D eigenvalue weighted by molar-refractivity contribution is -0.127. The van der Waals surface area contributed by atoms with Crippen molar-refractivity contribution in [2.75, 3.05) is 13.1 Å². The van der Waals surface area contributed by atoms with E-state index in [1.54, 1.807) is 12.1 Å². The van der Waals surface area contributed by atoms with E-state index in [1.807, 2.05) is 19.1 Å². The van der Waals surface area contributed by atoms with Gasteiger partial charge in [-0.25, -0.2) is 0 Å². The van der Waals surface area contributed by atoms with Crippen molar-refractivity contribution in [2.45, 2.75) is 70.9 Å². The monoisotopic (exact) mass is 358 g/mol. The van der Waals surface area contributed by atoms with Gasteiger partial charge in [-0.3, -0.25) is 9.69 Å². The highest BCUT2D eigenvalue weighted by molar-refractivity contribution is 5.81. The van der Waals surface area contributed by atoms with E-state index in [1.165, 1.54) is 18.4 Å². The number of carbonyl (C=O) groups excluding carboxylic acids is 1. The molecular weight excluding hydrogens is 324 g/mol. The first-order valence-electron chi connectivity index (χ1n) is 10.3. The van der Waals surface area contributed by atoms with E-state index in [4.69, 9.17) is 0 Å². The summed E-state index contributed by atoms with van der Waals surface area (Å²) in [5, 5.41) is 12.8. The van der Waals surface area contributed by atoms with Crippen LogP contribution in [0.15, 0.2) is 24.3 Å². The minimum Gasteiger partial charge on any atom is -0.508 e. The Labute approximate surface area is 158 Å². The van der Waals surface area contributed by atoms with Gasteiger partial charge in [0.05, 0.1) is 6.04 Å². The minimum atomic E-state index is -0.0554. The van der Waals surface area contributed by atoms with Gasteiger partial charge in [0, 0.05) is 6.04 Å². The van der Waals surface area contributed by atoms with Crippen molar-refractivity contribution >= 4 is 5.91 Å². The number of hydrogen-bond donors (Lipinski definition) is 2. The lowest BCUT2D eigenvalue weighted by atomic mass is 9.78. The summed E-state index contributed by atoms with van der Waals surface area (Å²) in [5.74, 6) is 2.31. The second-order valence-electron chi connectivity index (χ2n) is 8.46. The molecule has 1 aromatic rings. The number of aromatic hydroxyl groups is 1. The zero-order valence-electron chi connectivity index (χ0n) is 16.4. The van der Waals surface area contributed by atoms with Gasteiger partial charge in [-0.2, -0.15) is 0 Å². The van der Waals surface area contributed by atoms with E-state index in [2.05, 4.69) is 24.1 Å². The Morgan fingerprint density at radius 1 is 1.12 bits per heavy atom. The summed E-state index contributed by atoms with van der Waals surface area (Å²) in [7, 11) is 0. The number of piperidine rings is 1. The van der Waals surface area contributed by atoms with Crippen LogP contribution in [0, 0.1) is 11.8 Å². The van der Waals surface area contributed by atoms with Crippen molar-refractivity contribution < 1.29 is 9.90 Å². The number of benzene rings is 1. The molecule has 0 aromatic heterocycles. The van der Waals surface area contributed by atoms with E-state index < -0.39 is 0 Å². The Balaban J connectivity index is 1.50. The molecule has 1 aliphatic heterocycles. The van der Waals surface area contributed by atoms with Crippen LogP contribution in [0.3, 0.4) is 0 Å². The fraction of sp³-hybridized carbons (Fsp3) is 0.682. The number of amides is 1. The molecule has 1 amide bonds. The van der Waals surface area contributed by atoms with Gasteiger partial charge < -0.3 is 10.4 Å². The minimum absolute atomic E-state index is 0.0554. The number of rotatable bonds is 4. The predicted octanol–water partition coefficient (Wildman–Crippen LogP) is 3.90. The maximum absolute atomic E-state index is 12.8. The summed E-state index contributed by atoms with van der Waals surface area (Å²) >= 11 is 0. The maximum atomic E-state index is 12.8. The van der Waals surface area contributed by atoms with Gasteiger partial charge in [-0.1, -0.05) is 38.8 Å². The number of phenols is 1. The Bertz CT molecular complexity index is 593. The normalized spacial score (nSPS) is 29.3. The number of nitrogens with zero attached hydrogens (tertiary/aromatic N) is 1. The number of phenolic OH excluding ortho intramolecular Hbond substituents is 1. The molecule has 0 bridgehead atoms. The lowest BCUT2D eigenvalue weighted by Gasteiger charge is -2.38. The molecule has 0 spiro atoms. The molecule has 0 radical (unpaired) electrons. The topological polar surface area (TPSA) is 52.6 Å². The number of carbonyl (C=O) groups is 1. The highest BCUT2D eigenvalue weighted by Crippen LogP contribution is 2.31. The molecule has 1 saturated heterocycles. The fourth-order valence-corrected chi connectivity index (χ4v) is 4.62. The molecule has 4 heteroatoms. The van der Waals surface area contributed by atoms with Crippen LogP contribution in [0.1, 0.15) is 64.4 Å². The second kappa shape index (κ2) is 8.43. The van der Waals surface area contributed by atoms with E-state index in [-0.39, 0.29) is 11.9 Å². The third-order valence-corrected chi connectivity index (χ3v) is 6.86. The molecule has 2 aliphatic rings. The van der Waals surface area contributed by atoms with E-state index >= 15 is 0 Å². The van der Waals surface area contributed by atoms with Gasteiger partial charge >= 0.3 is 0 Å². The van der Waals surface area contributed by atoms with Crippen LogP contribution < -0.4 is 5.32 Å². The lowest BCUT2D eigenvalue weighted by Crippen LogP contribution is -2.52. The first-order chi connectivity index (χ1) is 12.5. The molecule has 1 saturated carbocycles. The maximum Gasteiger partial charge on any atom is 0.237 e. The number of likely N-dealkylation sites (tertiary alicyclic amines) is 1. The summed E-state index contributed by atoms with van der Waals surface area (Å²) in [5.41, 5.74) is 1.30. The fourth-order valence-electron chi connectivity index (χ4n) is 4.62. The van der Waals surface area contributed by atoms with Gasteiger partial charge in [0.25, 0.3) is 0 Å². The van der Waals surface area contributed by atoms with Crippen molar-refractivity contribution in [2.24, 2.45) is 11.8 Å². The molecule has 1 aromatic carbocycles. The zero-order chi connectivity index (χ0) is 18.7. The van der Waals surface area contributed by atoms with Crippen molar-refractivity contribution in [3.63, 3.8) is 0 Å². The standard InChI is InChI=1S/C22H34N2O2/c1-15-5-4-6-21(16(15)2)23-22(26)17(3)24-13-11-19(12-14-24)18-7-9-20(25)10-8-18/h7-10,15-17,19,21,25H,4-6,11-14H2,1-3H3,(H,23,26)/t15-,16-,17-,21+/m1/s1. The highest BCUT2D eigenvalue weighted by atomic mass is 16.3. The number of hydrogen-bond acceptors (Lipinski definition) is 3. The van der Waals surface area contributed by atoms with Gasteiger partial charge in [0.1, 0.15) is 5.75 Å². The molecule has 0 unspecified atom stereocenters. The van der Waals surface area contributed by atoms with Gasteiger partial charge in [0.15, 0.2) is 0 Å². The average Bonchev–Trinajstić information content (AvgIpc) is 2.65. The van der Waals surface area contributed by atoms with Crippen LogP contribution in [-0.4, -0.2) is 41.1 Å². The van der Waals surface area contributed by atoms with Gasteiger partial charge in [-0.05, 0) is 74.7 Å². The second-order valence-corrected chi connectivity index (χ2v) is 8.46. The Kier molecular flexibility index (Phi) is 6.23. The van der Waals surface area contributed by atoms with Crippen LogP contribution >= 0.6 is 0 Å². The first-order valence-corrected chi connectivity index (χ1v) is 10.3. The van der Waals surface area contributed by atoms with Crippen LogP contribution in [0.4, 0.5) is 0 Å². The van der Waals surface area contributed by atoms with E-state index in [0.717, 1.165) is 32.4 Å². The summed E-state index contributed by atoms with van der Waals surface area (Å²) in [6.45, 7) is 8.55. The molecule has 3 rings (SSSR count). The summed E-state index contributed by atoms with van der Waals surface area (Å²) < 4.78 is 0. The predicted molar refractivity (Wildman–Crippen MR) is 105 cm³/mol. The molecule has 1 heterocycles.